The van der Waals surface area contributed by atoms with Crippen LogP contribution in [0, 0.1) is 0 Å². The third-order valence-corrected chi connectivity index (χ3v) is 10.4. The number of hydrogen-bond donors (Lipinski definition) is 4. The van der Waals surface area contributed by atoms with Crippen LogP contribution in [0.5, 0.6) is 0 Å². The van der Waals surface area contributed by atoms with Gasteiger partial charge in [-0.1, -0.05) is 75.8 Å². The molecule has 0 radical (unpaired) electrons. The largest absolute Gasteiger partial charge is 0.352 e. The quantitative estimate of drug-likeness (QED) is 0.0668. The van der Waals surface area contributed by atoms with Gasteiger partial charge in [0.15, 0.2) is 0 Å². The Morgan fingerprint density at radius 3 is 1.24 bits per heavy atom. The van der Waals surface area contributed by atoms with E-state index in [1.165, 1.54) is 51.4 Å². The van der Waals surface area contributed by atoms with Gasteiger partial charge in [-0.25, -0.2) is 0 Å². The minimum absolute atomic E-state index is 0.0388. The van der Waals surface area contributed by atoms with Crippen molar-refractivity contribution in [3.05, 3.63) is 0 Å². The maximum absolute atomic E-state index is 5.93. The van der Waals surface area contributed by atoms with Crippen LogP contribution >= 0.6 is 75.0 Å². The van der Waals surface area contributed by atoms with Crippen LogP contribution in [0.25, 0.3) is 0 Å². The van der Waals surface area contributed by atoms with Gasteiger partial charge in [0.05, 0.1) is 19.7 Å². The van der Waals surface area contributed by atoms with E-state index >= 15 is 0 Å². The first kappa shape index (κ1) is 31.4. The van der Waals surface area contributed by atoms with Crippen molar-refractivity contribution in [3.8, 4) is 0 Å². The molecule has 0 saturated heterocycles. The zero-order chi connectivity index (χ0) is 24.9. The molecule has 2 saturated carbocycles. The van der Waals surface area contributed by atoms with Gasteiger partial charge in [0, 0.05) is 13.1 Å². The van der Waals surface area contributed by atoms with Crippen LogP contribution in [0.15, 0.2) is 0 Å². The van der Waals surface area contributed by atoms with Crippen molar-refractivity contribution >= 4 is 84.9 Å². The molecule has 0 unspecified atom stereocenters. The van der Waals surface area contributed by atoms with Crippen molar-refractivity contribution in [3.63, 3.8) is 0 Å². The molecule has 198 valence electrons. The van der Waals surface area contributed by atoms with Crippen molar-refractivity contribution in [2.24, 2.45) is 0 Å². The molecule has 0 N–H and O–H groups in total. The Kier molecular flexibility index (Phi) is 15.6. The number of nitrogens with zero attached hydrogens (tertiary/aromatic N) is 2. The average Bonchev–Trinajstić information content (AvgIpc) is 2.82. The summed E-state index contributed by atoms with van der Waals surface area (Å²) in [4.78, 5) is 7.05. The molecule has 2 nitrogen and oxygen atoms in total. The van der Waals surface area contributed by atoms with E-state index in [0.29, 0.717) is 0 Å². The Labute approximate surface area is 243 Å². The standard InChI is InChI=1S/C26H48N2S6/c29-21-11-19-27(25(33)15-7-3-8-16-25)23(31)13-5-1-2-6-14-24(32)28(20-12-22-30)26(34)17-9-4-10-18-26/h29-30,33-34H,1-22H2. The lowest BCUT2D eigenvalue weighted by molar-refractivity contribution is 0.212. The molecule has 0 aliphatic heterocycles. The van der Waals surface area contributed by atoms with Crippen molar-refractivity contribution in [1.29, 1.82) is 0 Å². The first-order valence-electron chi connectivity index (χ1n) is 13.6. The van der Waals surface area contributed by atoms with Crippen LogP contribution < -0.4 is 0 Å². The highest BCUT2D eigenvalue weighted by molar-refractivity contribution is 7.82. The Morgan fingerprint density at radius 1 is 0.559 bits per heavy atom. The average molecular weight is 581 g/mol. The van der Waals surface area contributed by atoms with Crippen LogP contribution in [-0.2, 0) is 0 Å². The Morgan fingerprint density at radius 2 is 0.912 bits per heavy atom. The molecule has 0 bridgehead atoms. The first-order chi connectivity index (χ1) is 16.4. The Balaban J connectivity index is 1.74. The van der Waals surface area contributed by atoms with E-state index in [0.717, 1.165) is 98.8 Å². The zero-order valence-electron chi connectivity index (χ0n) is 21.1. The van der Waals surface area contributed by atoms with Crippen LogP contribution in [0.2, 0.25) is 0 Å². The molecule has 0 heterocycles. The van der Waals surface area contributed by atoms with Crippen LogP contribution in [0.3, 0.4) is 0 Å². The highest BCUT2D eigenvalue weighted by atomic mass is 32.1. The van der Waals surface area contributed by atoms with Gasteiger partial charge in [-0.15, -0.1) is 0 Å². The topological polar surface area (TPSA) is 6.48 Å². The summed E-state index contributed by atoms with van der Waals surface area (Å²) >= 11 is 31.0. The minimum Gasteiger partial charge on any atom is -0.352 e. The van der Waals surface area contributed by atoms with Crippen molar-refractivity contribution < 1.29 is 0 Å². The van der Waals surface area contributed by atoms with Gasteiger partial charge in [-0.2, -0.15) is 50.5 Å². The van der Waals surface area contributed by atoms with Gasteiger partial charge < -0.3 is 9.80 Å². The van der Waals surface area contributed by atoms with Gasteiger partial charge in [-0.05, 0) is 75.7 Å². The second-order valence-corrected chi connectivity index (χ2v) is 13.7. The fourth-order valence-corrected chi connectivity index (χ4v) is 7.85. The number of rotatable bonds is 15. The van der Waals surface area contributed by atoms with E-state index in [2.05, 4.69) is 35.1 Å². The molecule has 0 aromatic rings. The molecule has 0 amide bonds. The predicted octanol–water partition coefficient (Wildman–Crippen LogP) is 8.41. The summed E-state index contributed by atoms with van der Waals surface area (Å²) in [5.41, 5.74) is 0. The summed E-state index contributed by atoms with van der Waals surface area (Å²) < 4.78 is 0. The maximum Gasteiger partial charge on any atom is 0.0836 e. The van der Waals surface area contributed by atoms with E-state index in [4.69, 9.17) is 49.7 Å². The monoisotopic (exact) mass is 580 g/mol. The van der Waals surface area contributed by atoms with Gasteiger partial charge >= 0.3 is 0 Å². The fourth-order valence-electron chi connectivity index (χ4n) is 5.54. The molecular formula is C26H48N2S6. The molecule has 2 rings (SSSR count). The molecule has 0 aromatic heterocycles. The molecule has 0 spiro atoms. The lowest BCUT2D eigenvalue weighted by Gasteiger charge is -2.45. The SMILES string of the molecule is S=C(CCCCCCC(=S)N(CCCS)C1(S)CCCCC1)N(CCCS)C1(S)CCCCC1. The summed E-state index contributed by atoms with van der Waals surface area (Å²) in [6.45, 7) is 1.99. The van der Waals surface area contributed by atoms with Gasteiger partial charge in [-0.3, -0.25) is 0 Å². The maximum atomic E-state index is 5.93. The smallest absolute Gasteiger partial charge is 0.0836 e. The lowest BCUT2D eigenvalue weighted by Crippen LogP contribution is -2.49. The molecule has 2 fully saturated rings. The number of thiocarbonyl (C=S) groups is 2. The number of thiol groups is 4. The van der Waals surface area contributed by atoms with Gasteiger partial charge in [0.25, 0.3) is 0 Å². The Hall–Kier alpha value is 1.18. The van der Waals surface area contributed by atoms with E-state index in [-0.39, 0.29) is 9.74 Å². The molecule has 0 atom stereocenters. The fraction of sp³-hybridized carbons (Fsp3) is 0.923. The van der Waals surface area contributed by atoms with Gasteiger partial charge in [0.1, 0.15) is 0 Å². The van der Waals surface area contributed by atoms with E-state index < -0.39 is 0 Å². The first-order valence-corrected chi connectivity index (χ1v) is 16.6. The summed E-state index contributed by atoms with van der Waals surface area (Å²) in [5.74, 6) is 1.81. The third kappa shape index (κ3) is 10.2. The summed E-state index contributed by atoms with van der Waals surface area (Å²) in [6, 6.07) is 0. The minimum atomic E-state index is -0.0388. The summed E-state index contributed by atoms with van der Waals surface area (Å²) in [6.07, 6.45) is 21.2. The van der Waals surface area contributed by atoms with E-state index in [1.807, 2.05) is 0 Å². The highest BCUT2D eigenvalue weighted by Gasteiger charge is 2.36. The zero-order valence-corrected chi connectivity index (χ0v) is 26.3. The molecular weight excluding hydrogens is 533 g/mol. The van der Waals surface area contributed by atoms with Crippen molar-refractivity contribution in [1.82, 2.24) is 9.80 Å². The van der Waals surface area contributed by atoms with Crippen molar-refractivity contribution in [2.45, 2.75) is 125 Å². The normalized spacial score (nSPS) is 19.5. The van der Waals surface area contributed by atoms with E-state index in [1.54, 1.807) is 0 Å². The van der Waals surface area contributed by atoms with E-state index in [9.17, 15) is 0 Å². The second kappa shape index (κ2) is 16.9. The number of hydrogen-bond acceptors (Lipinski definition) is 6. The second-order valence-electron chi connectivity index (χ2n) is 10.2. The number of unbranched alkanes of at least 4 members (excludes halogenated alkanes) is 3. The molecule has 0 aromatic carbocycles. The molecule has 2 aliphatic rings. The summed E-state index contributed by atoms with van der Waals surface area (Å²) in [5, 5.41) is 0. The van der Waals surface area contributed by atoms with Crippen LogP contribution in [0.4, 0.5) is 0 Å². The lowest BCUT2D eigenvalue weighted by atomic mass is 9.92. The van der Waals surface area contributed by atoms with Crippen LogP contribution in [-0.4, -0.2) is 54.1 Å². The third-order valence-electron chi connectivity index (χ3n) is 7.53. The molecule has 8 heteroatoms. The molecule has 2 aliphatic carbocycles. The Bertz CT molecular complexity index is 550. The molecule has 34 heavy (non-hydrogen) atoms. The van der Waals surface area contributed by atoms with Gasteiger partial charge in [0.2, 0.25) is 0 Å². The van der Waals surface area contributed by atoms with Crippen LogP contribution in [0.1, 0.15) is 116 Å². The van der Waals surface area contributed by atoms with Crippen molar-refractivity contribution in [2.75, 3.05) is 24.6 Å². The highest BCUT2D eigenvalue weighted by Crippen LogP contribution is 2.39. The predicted molar refractivity (Wildman–Crippen MR) is 173 cm³/mol. The summed E-state index contributed by atoms with van der Waals surface area (Å²) in [7, 11) is 0.